The molecule has 1 fully saturated rings. The SMILES string of the molecule is Cc1cc2c(cc1Cl)C(=O)CC1(CCN(c3nc4ccccc4nc3C)CC1)O2. The first kappa shape index (κ1) is 18.4. The number of benzene rings is 2. The van der Waals surface area contributed by atoms with Gasteiger partial charge in [-0.25, -0.2) is 9.97 Å². The number of hydrogen-bond donors (Lipinski definition) is 0. The second-order valence-corrected chi connectivity index (χ2v) is 8.50. The molecule has 0 amide bonds. The van der Waals surface area contributed by atoms with Crippen LogP contribution in [0.3, 0.4) is 0 Å². The first-order chi connectivity index (χ1) is 13.9. The molecule has 29 heavy (non-hydrogen) atoms. The van der Waals surface area contributed by atoms with Gasteiger partial charge in [-0.15, -0.1) is 0 Å². The van der Waals surface area contributed by atoms with E-state index < -0.39 is 5.60 Å². The second-order valence-electron chi connectivity index (χ2n) is 8.09. The highest BCUT2D eigenvalue weighted by Gasteiger charge is 2.43. The van der Waals surface area contributed by atoms with E-state index in [4.69, 9.17) is 26.3 Å². The number of nitrogens with zero attached hydrogens (tertiary/aromatic N) is 3. The second kappa shape index (κ2) is 6.70. The normalized spacial score (nSPS) is 18.0. The fraction of sp³-hybridized carbons (Fsp3) is 0.348. The first-order valence-electron chi connectivity index (χ1n) is 9.95. The van der Waals surface area contributed by atoms with Crippen LogP contribution in [0.25, 0.3) is 11.0 Å². The topological polar surface area (TPSA) is 55.3 Å². The van der Waals surface area contributed by atoms with Gasteiger partial charge in [0.15, 0.2) is 11.6 Å². The minimum atomic E-state index is -0.445. The fourth-order valence-electron chi connectivity index (χ4n) is 4.40. The number of carbonyl (C=O) groups excluding carboxylic acids is 1. The Morgan fingerprint density at radius 3 is 2.48 bits per heavy atom. The number of hydrogen-bond acceptors (Lipinski definition) is 5. The van der Waals surface area contributed by atoms with Crippen molar-refractivity contribution in [3.63, 3.8) is 0 Å². The molecule has 0 atom stereocenters. The van der Waals surface area contributed by atoms with Gasteiger partial charge in [0.1, 0.15) is 11.4 Å². The Bertz CT molecular complexity index is 1140. The lowest BCUT2D eigenvalue weighted by molar-refractivity contribution is 0.0230. The van der Waals surface area contributed by atoms with Gasteiger partial charge in [-0.1, -0.05) is 23.7 Å². The van der Waals surface area contributed by atoms with E-state index in [1.165, 1.54) is 0 Å². The largest absolute Gasteiger partial charge is 0.486 e. The summed E-state index contributed by atoms with van der Waals surface area (Å²) < 4.78 is 6.41. The van der Waals surface area contributed by atoms with Crippen LogP contribution in [0.2, 0.25) is 5.02 Å². The molecule has 3 heterocycles. The molecule has 0 radical (unpaired) electrons. The number of aromatic nitrogens is 2. The molecule has 3 aromatic rings. The van der Waals surface area contributed by atoms with E-state index >= 15 is 0 Å². The number of rotatable bonds is 1. The van der Waals surface area contributed by atoms with Crippen LogP contribution in [0.15, 0.2) is 36.4 Å². The predicted octanol–water partition coefficient (Wildman–Crippen LogP) is 4.90. The molecule has 5 nitrogen and oxygen atoms in total. The Labute approximate surface area is 174 Å². The molecule has 148 valence electrons. The molecule has 2 aliphatic rings. The Kier molecular flexibility index (Phi) is 4.24. The molecule has 1 aromatic heterocycles. The highest BCUT2D eigenvalue weighted by atomic mass is 35.5. The van der Waals surface area contributed by atoms with Crippen LogP contribution in [-0.4, -0.2) is 34.4 Å². The lowest BCUT2D eigenvalue weighted by Gasteiger charge is -2.44. The highest BCUT2D eigenvalue weighted by molar-refractivity contribution is 6.31. The zero-order chi connectivity index (χ0) is 20.2. The van der Waals surface area contributed by atoms with Crippen LogP contribution in [0.1, 0.15) is 40.9 Å². The highest BCUT2D eigenvalue weighted by Crippen LogP contribution is 2.41. The average Bonchev–Trinajstić information content (AvgIpc) is 2.70. The van der Waals surface area contributed by atoms with Gasteiger partial charge in [0.2, 0.25) is 0 Å². The quantitative estimate of drug-likeness (QED) is 0.574. The number of ether oxygens (including phenoxy) is 1. The molecular formula is C23H22ClN3O2. The summed E-state index contributed by atoms with van der Waals surface area (Å²) in [6.45, 7) is 5.50. The van der Waals surface area contributed by atoms with E-state index in [9.17, 15) is 4.79 Å². The van der Waals surface area contributed by atoms with Gasteiger partial charge < -0.3 is 9.64 Å². The van der Waals surface area contributed by atoms with E-state index in [1.54, 1.807) is 6.07 Å². The molecule has 0 N–H and O–H groups in total. The van der Waals surface area contributed by atoms with Gasteiger partial charge in [-0.05, 0) is 43.7 Å². The molecule has 6 heteroatoms. The lowest BCUT2D eigenvalue weighted by Crippen LogP contribution is -2.51. The maximum Gasteiger partial charge on any atom is 0.170 e. The summed E-state index contributed by atoms with van der Waals surface area (Å²) in [4.78, 5) is 24.6. The van der Waals surface area contributed by atoms with Gasteiger partial charge in [0, 0.05) is 31.0 Å². The van der Waals surface area contributed by atoms with Crippen LogP contribution in [0.4, 0.5) is 5.82 Å². The van der Waals surface area contributed by atoms with E-state index in [2.05, 4.69) is 4.90 Å². The molecule has 2 aromatic carbocycles. The predicted molar refractivity (Wildman–Crippen MR) is 114 cm³/mol. The van der Waals surface area contributed by atoms with Crippen molar-refractivity contribution >= 4 is 34.2 Å². The monoisotopic (exact) mass is 407 g/mol. The van der Waals surface area contributed by atoms with Crippen LogP contribution in [-0.2, 0) is 0 Å². The van der Waals surface area contributed by atoms with Crippen molar-refractivity contribution in [1.29, 1.82) is 0 Å². The molecule has 2 aliphatic heterocycles. The zero-order valence-electron chi connectivity index (χ0n) is 16.5. The van der Waals surface area contributed by atoms with E-state index in [0.717, 1.165) is 54.0 Å². The number of anilines is 1. The summed E-state index contributed by atoms with van der Waals surface area (Å²) >= 11 is 6.20. The van der Waals surface area contributed by atoms with Gasteiger partial charge >= 0.3 is 0 Å². The standard InChI is InChI=1S/C23H22ClN3O2/c1-14-11-21-16(12-17(14)24)20(28)13-23(29-21)7-9-27(10-8-23)22-15(2)25-18-5-3-4-6-19(18)26-22/h3-6,11-12H,7-10,13H2,1-2H3. The molecule has 5 rings (SSSR count). The molecule has 0 aliphatic carbocycles. The molecule has 1 saturated heterocycles. The third kappa shape index (κ3) is 3.14. The smallest absolute Gasteiger partial charge is 0.170 e. The number of carbonyl (C=O) groups is 1. The number of piperidine rings is 1. The minimum Gasteiger partial charge on any atom is -0.486 e. The Hall–Kier alpha value is -2.66. The Morgan fingerprint density at radius 2 is 1.76 bits per heavy atom. The van der Waals surface area contributed by atoms with Gasteiger partial charge in [-0.3, -0.25) is 4.79 Å². The number of fused-ring (bicyclic) bond motifs is 2. The number of ketones is 1. The van der Waals surface area contributed by atoms with Gasteiger partial charge in [0.25, 0.3) is 0 Å². The van der Waals surface area contributed by atoms with Crippen LogP contribution in [0, 0.1) is 13.8 Å². The summed E-state index contributed by atoms with van der Waals surface area (Å²) in [5.41, 5.74) is 3.82. The average molecular weight is 408 g/mol. The first-order valence-corrected chi connectivity index (χ1v) is 10.3. The molecule has 1 spiro atoms. The van der Waals surface area contributed by atoms with Crippen LogP contribution in [0.5, 0.6) is 5.75 Å². The summed E-state index contributed by atoms with van der Waals surface area (Å²) in [5.74, 6) is 1.70. The summed E-state index contributed by atoms with van der Waals surface area (Å²) in [7, 11) is 0. The fourth-order valence-corrected chi connectivity index (χ4v) is 4.56. The van der Waals surface area contributed by atoms with Crippen molar-refractivity contribution in [2.45, 2.75) is 38.7 Å². The molecular weight excluding hydrogens is 386 g/mol. The van der Waals surface area contributed by atoms with Crippen molar-refractivity contribution < 1.29 is 9.53 Å². The molecule has 0 saturated carbocycles. The summed E-state index contributed by atoms with van der Waals surface area (Å²) in [6, 6.07) is 11.6. The van der Waals surface area contributed by atoms with Crippen molar-refractivity contribution in [1.82, 2.24) is 9.97 Å². The third-order valence-corrected chi connectivity index (χ3v) is 6.47. The third-order valence-electron chi connectivity index (χ3n) is 6.06. The van der Waals surface area contributed by atoms with E-state index in [0.29, 0.717) is 22.8 Å². The van der Waals surface area contributed by atoms with Gasteiger partial charge in [0.05, 0.1) is 28.7 Å². The van der Waals surface area contributed by atoms with Gasteiger partial charge in [-0.2, -0.15) is 0 Å². The van der Waals surface area contributed by atoms with Crippen LogP contribution < -0.4 is 9.64 Å². The zero-order valence-corrected chi connectivity index (χ0v) is 17.3. The lowest BCUT2D eigenvalue weighted by atomic mass is 9.82. The Balaban J connectivity index is 1.40. The van der Waals surface area contributed by atoms with Crippen molar-refractivity contribution in [3.8, 4) is 5.75 Å². The molecule has 0 unspecified atom stereocenters. The summed E-state index contributed by atoms with van der Waals surface area (Å²) in [5, 5.41) is 0.608. The van der Waals surface area contributed by atoms with E-state index in [1.807, 2.05) is 44.2 Å². The summed E-state index contributed by atoms with van der Waals surface area (Å²) in [6.07, 6.45) is 1.94. The number of aryl methyl sites for hydroxylation is 2. The number of para-hydroxylation sites is 2. The number of halogens is 1. The van der Waals surface area contributed by atoms with Crippen molar-refractivity contribution in [2.75, 3.05) is 18.0 Å². The number of Topliss-reactive ketones (excluding diaryl/α,β-unsaturated/α-hetero) is 1. The van der Waals surface area contributed by atoms with Crippen molar-refractivity contribution in [3.05, 3.63) is 58.2 Å². The maximum atomic E-state index is 12.8. The minimum absolute atomic E-state index is 0.114. The maximum absolute atomic E-state index is 12.8. The Morgan fingerprint density at radius 1 is 1.07 bits per heavy atom. The van der Waals surface area contributed by atoms with Crippen LogP contribution >= 0.6 is 11.6 Å². The van der Waals surface area contributed by atoms with E-state index in [-0.39, 0.29) is 5.78 Å². The van der Waals surface area contributed by atoms with Crippen molar-refractivity contribution in [2.24, 2.45) is 0 Å². The molecule has 0 bridgehead atoms.